The van der Waals surface area contributed by atoms with E-state index in [4.69, 9.17) is 0 Å². The molecule has 2 amide bonds. The van der Waals surface area contributed by atoms with Crippen molar-refractivity contribution in [3.63, 3.8) is 0 Å². The lowest BCUT2D eigenvalue weighted by Crippen LogP contribution is -2.47. The van der Waals surface area contributed by atoms with E-state index in [9.17, 15) is 9.59 Å². The smallest absolute Gasteiger partial charge is 0.242 e. The maximum atomic E-state index is 12.8. The Balaban J connectivity index is 1.19. The van der Waals surface area contributed by atoms with Crippen molar-refractivity contribution >= 4 is 11.8 Å². The van der Waals surface area contributed by atoms with Gasteiger partial charge in [0, 0.05) is 26.1 Å². The molecule has 1 atom stereocenters. The van der Waals surface area contributed by atoms with E-state index in [-0.39, 0.29) is 17.9 Å². The average Bonchev–Trinajstić information content (AvgIpc) is 3.17. The van der Waals surface area contributed by atoms with Gasteiger partial charge in [0.25, 0.3) is 0 Å². The van der Waals surface area contributed by atoms with Gasteiger partial charge in [0.05, 0.1) is 0 Å². The lowest BCUT2D eigenvalue weighted by Gasteiger charge is -2.32. The summed E-state index contributed by atoms with van der Waals surface area (Å²) in [6.07, 6.45) is 4.66. The molecule has 0 radical (unpaired) electrons. The fourth-order valence-electron chi connectivity index (χ4n) is 4.91. The monoisotopic (exact) mass is 433 g/mol. The van der Waals surface area contributed by atoms with Crippen LogP contribution >= 0.6 is 0 Å². The predicted octanol–water partition coefficient (Wildman–Crippen LogP) is 3.56. The highest BCUT2D eigenvalue weighted by atomic mass is 16.2. The highest BCUT2D eigenvalue weighted by Gasteiger charge is 2.35. The molecule has 170 valence electrons. The van der Waals surface area contributed by atoms with E-state index in [1.165, 1.54) is 24.0 Å². The summed E-state index contributed by atoms with van der Waals surface area (Å²) in [5.41, 5.74) is 3.70. The van der Waals surface area contributed by atoms with Crippen LogP contribution in [0, 0.1) is 12.8 Å². The van der Waals surface area contributed by atoms with Crippen LogP contribution < -0.4 is 5.32 Å². The van der Waals surface area contributed by atoms with Gasteiger partial charge in [-0.2, -0.15) is 0 Å². The topological polar surface area (TPSA) is 52.7 Å². The van der Waals surface area contributed by atoms with Gasteiger partial charge in [-0.25, -0.2) is 0 Å². The van der Waals surface area contributed by atoms with E-state index in [2.05, 4.69) is 40.5 Å². The van der Waals surface area contributed by atoms with E-state index < -0.39 is 0 Å². The minimum atomic E-state index is -0.347. The molecular weight excluding hydrogens is 398 g/mol. The van der Waals surface area contributed by atoms with Gasteiger partial charge in [-0.3, -0.25) is 9.59 Å². The van der Waals surface area contributed by atoms with Crippen LogP contribution in [0.2, 0.25) is 0 Å². The SMILES string of the molecule is Cc1ccc(CN2C(=O)CCC2C(=O)NCCN2CCC(Cc3ccccc3)CC2)cc1. The third-order valence-electron chi connectivity index (χ3n) is 6.91. The van der Waals surface area contributed by atoms with E-state index in [0.29, 0.717) is 25.9 Å². The van der Waals surface area contributed by atoms with Crippen LogP contribution in [0.5, 0.6) is 0 Å². The van der Waals surface area contributed by atoms with Crippen molar-refractivity contribution < 1.29 is 9.59 Å². The number of rotatable bonds is 8. The van der Waals surface area contributed by atoms with Gasteiger partial charge in [-0.1, -0.05) is 60.2 Å². The quantitative estimate of drug-likeness (QED) is 0.693. The van der Waals surface area contributed by atoms with Crippen LogP contribution in [0.1, 0.15) is 42.4 Å². The third-order valence-corrected chi connectivity index (χ3v) is 6.91. The molecule has 0 saturated carbocycles. The maximum absolute atomic E-state index is 12.8. The minimum absolute atomic E-state index is 0.0121. The van der Waals surface area contributed by atoms with Crippen LogP contribution in [0.15, 0.2) is 54.6 Å². The summed E-state index contributed by atoms with van der Waals surface area (Å²) in [5.74, 6) is 0.816. The summed E-state index contributed by atoms with van der Waals surface area (Å²) in [6, 6.07) is 18.6. The molecule has 1 N–H and O–H groups in total. The summed E-state index contributed by atoms with van der Waals surface area (Å²) in [6.45, 7) is 6.26. The summed E-state index contributed by atoms with van der Waals surface area (Å²) in [7, 11) is 0. The molecule has 0 aromatic heterocycles. The minimum Gasteiger partial charge on any atom is -0.353 e. The van der Waals surface area contributed by atoms with Gasteiger partial charge in [0.15, 0.2) is 0 Å². The van der Waals surface area contributed by atoms with Crippen molar-refractivity contribution in [2.24, 2.45) is 5.92 Å². The molecule has 4 rings (SSSR count). The molecule has 2 fully saturated rings. The number of nitrogens with one attached hydrogen (secondary N) is 1. The second kappa shape index (κ2) is 10.8. The van der Waals surface area contributed by atoms with E-state index in [1.54, 1.807) is 4.90 Å². The summed E-state index contributed by atoms with van der Waals surface area (Å²) in [5, 5.41) is 3.09. The second-order valence-corrected chi connectivity index (χ2v) is 9.33. The molecule has 2 heterocycles. The molecule has 2 saturated heterocycles. The molecular formula is C27H35N3O2. The van der Waals surface area contributed by atoms with Gasteiger partial charge >= 0.3 is 0 Å². The zero-order chi connectivity index (χ0) is 22.3. The van der Waals surface area contributed by atoms with Crippen LogP contribution in [-0.2, 0) is 22.6 Å². The van der Waals surface area contributed by atoms with Crippen LogP contribution in [-0.4, -0.2) is 53.8 Å². The number of amides is 2. The van der Waals surface area contributed by atoms with Crippen molar-refractivity contribution in [1.29, 1.82) is 0 Å². The van der Waals surface area contributed by atoms with Crippen molar-refractivity contribution in [1.82, 2.24) is 15.1 Å². The number of nitrogens with zero attached hydrogens (tertiary/aromatic N) is 2. The Morgan fingerprint density at radius 3 is 2.41 bits per heavy atom. The Morgan fingerprint density at radius 1 is 0.969 bits per heavy atom. The number of carbonyl (C=O) groups excluding carboxylic acids is 2. The van der Waals surface area contributed by atoms with Crippen LogP contribution in [0.4, 0.5) is 0 Å². The van der Waals surface area contributed by atoms with Gasteiger partial charge in [0.1, 0.15) is 6.04 Å². The number of carbonyl (C=O) groups is 2. The number of likely N-dealkylation sites (tertiary alicyclic amines) is 2. The number of hydrogen-bond donors (Lipinski definition) is 1. The fourth-order valence-corrected chi connectivity index (χ4v) is 4.91. The molecule has 5 nitrogen and oxygen atoms in total. The first-order valence-electron chi connectivity index (χ1n) is 12.0. The molecule has 2 aliphatic rings. The van der Waals surface area contributed by atoms with Gasteiger partial charge in [-0.05, 0) is 62.7 Å². The molecule has 2 aliphatic heterocycles. The average molecular weight is 434 g/mol. The Hall–Kier alpha value is -2.66. The third kappa shape index (κ3) is 5.98. The Labute approximate surface area is 191 Å². The first kappa shape index (κ1) is 22.5. The maximum Gasteiger partial charge on any atom is 0.242 e. The van der Waals surface area contributed by atoms with Crippen molar-refractivity contribution in [3.8, 4) is 0 Å². The van der Waals surface area contributed by atoms with Crippen molar-refractivity contribution in [2.45, 2.75) is 51.6 Å². The number of benzene rings is 2. The summed E-state index contributed by atoms with van der Waals surface area (Å²) in [4.78, 5) is 29.4. The second-order valence-electron chi connectivity index (χ2n) is 9.33. The zero-order valence-electron chi connectivity index (χ0n) is 19.1. The summed E-state index contributed by atoms with van der Waals surface area (Å²) >= 11 is 0. The van der Waals surface area contributed by atoms with Crippen molar-refractivity contribution in [2.75, 3.05) is 26.2 Å². The molecule has 2 aromatic rings. The molecule has 2 aromatic carbocycles. The first-order chi connectivity index (χ1) is 15.6. The van der Waals surface area contributed by atoms with E-state index in [1.807, 2.05) is 31.2 Å². The normalized spacial score (nSPS) is 20.0. The molecule has 0 spiro atoms. The molecule has 5 heteroatoms. The highest BCUT2D eigenvalue weighted by Crippen LogP contribution is 2.23. The van der Waals surface area contributed by atoms with Crippen LogP contribution in [0.3, 0.4) is 0 Å². The number of aryl methyl sites for hydroxylation is 1. The largest absolute Gasteiger partial charge is 0.353 e. The lowest BCUT2D eigenvalue weighted by atomic mass is 9.90. The van der Waals surface area contributed by atoms with E-state index >= 15 is 0 Å². The van der Waals surface area contributed by atoms with Gasteiger partial charge in [-0.15, -0.1) is 0 Å². The Kier molecular flexibility index (Phi) is 7.59. The lowest BCUT2D eigenvalue weighted by molar-refractivity contribution is -0.135. The molecule has 0 aliphatic carbocycles. The molecule has 0 bridgehead atoms. The van der Waals surface area contributed by atoms with E-state index in [0.717, 1.165) is 37.5 Å². The van der Waals surface area contributed by atoms with Gasteiger partial charge in [0.2, 0.25) is 11.8 Å². The Bertz CT molecular complexity index is 889. The first-order valence-corrected chi connectivity index (χ1v) is 12.0. The van der Waals surface area contributed by atoms with Crippen molar-refractivity contribution in [3.05, 3.63) is 71.3 Å². The molecule has 1 unspecified atom stereocenters. The number of piperidine rings is 1. The standard InChI is InChI=1S/C27H35N3O2/c1-21-7-9-24(10-8-21)20-30-25(11-12-26(30)31)27(32)28-15-18-29-16-13-23(14-17-29)19-22-5-3-2-4-6-22/h2-10,23,25H,11-20H2,1H3,(H,28,32). The van der Waals surface area contributed by atoms with Gasteiger partial charge < -0.3 is 15.1 Å². The predicted molar refractivity (Wildman–Crippen MR) is 127 cm³/mol. The zero-order valence-corrected chi connectivity index (χ0v) is 19.1. The highest BCUT2D eigenvalue weighted by molar-refractivity contribution is 5.90. The molecule has 32 heavy (non-hydrogen) atoms. The van der Waals surface area contributed by atoms with Crippen LogP contribution in [0.25, 0.3) is 0 Å². The number of hydrogen-bond acceptors (Lipinski definition) is 3. The summed E-state index contributed by atoms with van der Waals surface area (Å²) < 4.78 is 0. The Morgan fingerprint density at radius 2 is 1.69 bits per heavy atom. The fraction of sp³-hybridized carbons (Fsp3) is 0.481.